The third-order valence-corrected chi connectivity index (χ3v) is 4.48. The Morgan fingerprint density at radius 2 is 1.88 bits per heavy atom. The number of aliphatic hydroxyl groups is 1. The Morgan fingerprint density at radius 1 is 1.16 bits per heavy atom. The maximum absolute atomic E-state index is 10.4. The Morgan fingerprint density at radius 3 is 2.64 bits per heavy atom. The van der Waals surface area contributed by atoms with Crippen molar-refractivity contribution >= 4 is 11.6 Å². The van der Waals surface area contributed by atoms with Crippen molar-refractivity contribution in [1.29, 1.82) is 0 Å². The van der Waals surface area contributed by atoms with E-state index < -0.39 is 6.10 Å². The number of fused-ring (bicyclic) bond motifs is 1. The Hall–Kier alpha value is -1.95. The molecule has 2 aromatic carbocycles. The van der Waals surface area contributed by atoms with Crippen LogP contribution in [0.3, 0.4) is 0 Å². The molecule has 5 nitrogen and oxygen atoms in total. The fourth-order valence-corrected chi connectivity index (χ4v) is 3.02. The fourth-order valence-electron chi connectivity index (χ4n) is 2.74. The molecule has 1 heterocycles. The van der Waals surface area contributed by atoms with Crippen molar-refractivity contribution in [2.75, 3.05) is 13.2 Å². The molecule has 0 aliphatic carbocycles. The molecule has 0 unspecified atom stereocenters. The quantitative estimate of drug-likeness (QED) is 0.759. The molecule has 0 saturated heterocycles. The summed E-state index contributed by atoms with van der Waals surface area (Å²) in [5.41, 5.74) is 1.70. The van der Waals surface area contributed by atoms with Crippen LogP contribution in [0.5, 0.6) is 17.2 Å². The predicted molar refractivity (Wildman–Crippen MR) is 96.4 cm³/mol. The normalized spacial score (nSPS) is 16.1. The Balaban J connectivity index is 1.65. The highest BCUT2D eigenvalue weighted by atomic mass is 35.5. The van der Waals surface area contributed by atoms with Crippen LogP contribution in [0.1, 0.15) is 30.6 Å². The van der Waals surface area contributed by atoms with Gasteiger partial charge in [-0.05, 0) is 42.3 Å². The molecule has 134 valence electrons. The zero-order valence-corrected chi connectivity index (χ0v) is 14.8. The fraction of sp³-hybridized carbons (Fsp3) is 0.368. The number of aliphatic hydroxyl groups excluding tert-OH is 1. The lowest BCUT2D eigenvalue weighted by Crippen LogP contribution is -2.31. The molecular formula is C19H22ClNO4. The van der Waals surface area contributed by atoms with Crippen LogP contribution in [0.4, 0.5) is 0 Å². The summed E-state index contributed by atoms with van der Waals surface area (Å²) in [6, 6.07) is 10.1. The van der Waals surface area contributed by atoms with Crippen LogP contribution < -0.4 is 14.8 Å². The Bertz CT molecular complexity index is 720. The summed E-state index contributed by atoms with van der Waals surface area (Å²) in [6.07, 6.45) is 0.144. The number of phenols is 1. The Kier molecular flexibility index (Phi) is 5.68. The average Bonchev–Trinajstić information content (AvgIpc) is 2.85. The highest BCUT2D eigenvalue weighted by molar-refractivity contribution is 6.32. The van der Waals surface area contributed by atoms with E-state index in [0.717, 1.165) is 17.5 Å². The molecule has 25 heavy (non-hydrogen) atoms. The molecule has 0 radical (unpaired) electrons. The van der Waals surface area contributed by atoms with Crippen molar-refractivity contribution in [1.82, 2.24) is 5.32 Å². The zero-order chi connectivity index (χ0) is 17.8. The van der Waals surface area contributed by atoms with E-state index in [9.17, 15) is 10.2 Å². The maximum atomic E-state index is 10.4. The molecule has 3 N–H and O–H groups in total. The van der Waals surface area contributed by atoms with Gasteiger partial charge >= 0.3 is 0 Å². The number of rotatable bonds is 5. The van der Waals surface area contributed by atoms with Crippen LogP contribution in [0.25, 0.3) is 0 Å². The minimum atomic E-state index is -0.684. The third kappa shape index (κ3) is 4.37. The number of benzene rings is 2. The van der Waals surface area contributed by atoms with E-state index in [-0.39, 0.29) is 11.8 Å². The van der Waals surface area contributed by atoms with Crippen molar-refractivity contribution in [2.24, 2.45) is 0 Å². The van der Waals surface area contributed by atoms with E-state index in [1.165, 1.54) is 0 Å². The van der Waals surface area contributed by atoms with Crippen LogP contribution in [-0.2, 0) is 6.54 Å². The minimum Gasteiger partial charge on any atom is -0.508 e. The first-order valence-corrected chi connectivity index (χ1v) is 8.71. The summed E-state index contributed by atoms with van der Waals surface area (Å²) in [5, 5.41) is 23.6. The first kappa shape index (κ1) is 17.9. The van der Waals surface area contributed by atoms with E-state index in [4.69, 9.17) is 21.1 Å². The first-order chi connectivity index (χ1) is 12.0. The number of aromatic hydroxyl groups is 1. The van der Waals surface area contributed by atoms with Crippen molar-refractivity contribution in [3.05, 3.63) is 52.5 Å². The van der Waals surface area contributed by atoms with E-state index in [1.807, 2.05) is 19.1 Å². The predicted octanol–water partition coefficient (Wildman–Crippen LogP) is 3.42. The second-order valence-electron chi connectivity index (χ2n) is 6.16. The second-order valence-corrected chi connectivity index (χ2v) is 6.57. The molecule has 3 rings (SSSR count). The summed E-state index contributed by atoms with van der Waals surface area (Å²) in [5.74, 6) is 1.44. The number of nitrogens with one attached hydrogen (secondary N) is 1. The number of halogens is 1. The van der Waals surface area contributed by atoms with Crippen LogP contribution in [0.15, 0.2) is 36.4 Å². The van der Waals surface area contributed by atoms with Gasteiger partial charge in [-0.25, -0.2) is 0 Å². The molecule has 0 amide bonds. The van der Waals surface area contributed by atoms with Crippen LogP contribution in [0, 0.1) is 0 Å². The number of ether oxygens (including phenoxy) is 2. The monoisotopic (exact) mass is 363 g/mol. The van der Waals surface area contributed by atoms with Crippen LogP contribution in [-0.4, -0.2) is 29.5 Å². The Labute approximate surface area is 152 Å². The molecule has 0 aromatic heterocycles. The lowest BCUT2D eigenvalue weighted by molar-refractivity contribution is 0.135. The van der Waals surface area contributed by atoms with Gasteiger partial charge in [-0.3, -0.25) is 0 Å². The average molecular weight is 364 g/mol. The van der Waals surface area contributed by atoms with E-state index in [1.54, 1.807) is 24.3 Å². The van der Waals surface area contributed by atoms with Crippen molar-refractivity contribution < 1.29 is 19.7 Å². The van der Waals surface area contributed by atoms with Gasteiger partial charge in [0.05, 0.1) is 24.3 Å². The zero-order valence-electron chi connectivity index (χ0n) is 14.0. The number of hydrogen-bond donors (Lipinski definition) is 3. The highest BCUT2D eigenvalue weighted by Gasteiger charge is 2.18. The molecule has 1 aliphatic rings. The third-order valence-electron chi connectivity index (χ3n) is 4.20. The van der Waals surface area contributed by atoms with Gasteiger partial charge in [0.15, 0.2) is 11.5 Å². The summed E-state index contributed by atoms with van der Waals surface area (Å²) in [6.45, 7) is 3.64. The largest absolute Gasteiger partial charge is 0.508 e. The van der Waals surface area contributed by atoms with Crippen molar-refractivity contribution in [3.63, 3.8) is 0 Å². The van der Waals surface area contributed by atoms with Gasteiger partial charge in [-0.2, -0.15) is 0 Å². The molecule has 0 bridgehead atoms. The summed E-state index contributed by atoms with van der Waals surface area (Å²) in [7, 11) is 0. The molecular weight excluding hydrogens is 342 g/mol. The highest BCUT2D eigenvalue weighted by Crippen LogP contribution is 2.38. The number of hydrogen-bond acceptors (Lipinski definition) is 5. The number of phenolic OH excluding ortho intramolecular Hbond substituents is 1. The van der Waals surface area contributed by atoms with Gasteiger partial charge in [-0.15, -0.1) is 0 Å². The minimum absolute atomic E-state index is 0.179. The summed E-state index contributed by atoms with van der Waals surface area (Å²) in [4.78, 5) is 0. The second kappa shape index (κ2) is 7.95. The van der Waals surface area contributed by atoms with Crippen molar-refractivity contribution in [3.8, 4) is 17.2 Å². The molecule has 6 heteroatoms. The van der Waals surface area contributed by atoms with Gasteiger partial charge in [0.1, 0.15) is 5.75 Å². The van der Waals surface area contributed by atoms with E-state index >= 15 is 0 Å². The van der Waals surface area contributed by atoms with Gasteiger partial charge in [0, 0.05) is 19.0 Å². The molecule has 2 aromatic rings. The van der Waals surface area contributed by atoms with Gasteiger partial charge < -0.3 is 25.0 Å². The molecule has 0 spiro atoms. The molecule has 2 atom stereocenters. The summed E-state index contributed by atoms with van der Waals surface area (Å²) < 4.78 is 11.3. The SMILES string of the molecule is C[C@H](NCc1cc(Cl)c2c(c1)OCCCO2)[C@@H](O)c1ccc(O)cc1. The smallest absolute Gasteiger partial charge is 0.179 e. The lowest BCUT2D eigenvalue weighted by atomic mass is 10.0. The van der Waals surface area contributed by atoms with Gasteiger partial charge in [0.25, 0.3) is 0 Å². The van der Waals surface area contributed by atoms with Crippen molar-refractivity contribution in [2.45, 2.75) is 32.0 Å². The molecule has 1 aliphatic heterocycles. The first-order valence-electron chi connectivity index (χ1n) is 8.33. The standard InChI is InChI=1S/C19H22ClNO4/c1-12(18(23)14-3-5-15(22)6-4-14)21-11-13-9-16(20)19-17(10-13)24-7-2-8-25-19/h3-6,9-10,12,18,21-23H,2,7-8,11H2,1H3/t12-,18+/m0/s1. The lowest BCUT2D eigenvalue weighted by Gasteiger charge is -2.21. The maximum Gasteiger partial charge on any atom is 0.179 e. The van der Waals surface area contributed by atoms with Gasteiger partial charge in [-0.1, -0.05) is 23.7 Å². The van der Waals surface area contributed by atoms with Crippen LogP contribution in [0.2, 0.25) is 5.02 Å². The van der Waals surface area contributed by atoms with Gasteiger partial charge in [0.2, 0.25) is 0 Å². The van der Waals surface area contributed by atoms with E-state index in [0.29, 0.717) is 36.3 Å². The molecule has 0 fully saturated rings. The van der Waals surface area contributed by atoms with Crippen LogP contribution >= 0.6 is 11.6 Å². The topological polar surface area (TPSA) is 71.0 Å². The van der Waals surface area contributed by atoms with E-state index in [2.05, 4.69) is 5.32 Å². The molecule has 0 saturated carbocycles. The summed E-state index contributed by atoms with van der Waals surface area (Å²) >= 11 is 6.30.